The SMILES string of the molecule is CC(Sc1nnnn1CC1CCCO1)c1nnc(-c2ccccc2)o1. The van der Waals surface area contributed by atoms with E-state index in [1.54, 1.807) is 4.68 Å². The molecule has 0 radical (unpaired) electrons. The highest BCUT2D eigenvalue weighted by atomic mass is 32.2. The Bertz CT molecular complexity index is 815. The van der Waals surface area contributed by atoms with Gasteiger partial charge >= 0.3 is 0 Å². The second kappa shape index (κ2) is 7.32. The number of thioether (sulfide) groups is 1. The molecule has 1 saturated heterocycles. The average molecular weight is 358 g/mol. The first-order chi connectivity index (χ1) is 12.3. The molecule has 3 heterocycles. The summed E-state index contributed by atoms with van der Waals surface area (Å²) in [5.41, 5.74) is 0.904. The van der Waals surface area contributed by atoms with Crippen molar-refractivity contribution in [2.75, 3.05) is 6.61 Å². The summed E-state index contributed by atoms with van der Waals surface area (Å²) in [5.74, 6) is 1.07. The van der Waals surface area contributed by atoms with Gasteiger partial charge in [0.15, 0.2) is 0 Å². The van der Waals surface area contributed by atoms with Gasteiger partial charge in [0.05, 0.1) is 17.9 Å². The minimum Gasteiger partial charge on any atom is -0.419 e. The van der Waals surface area contributed by atoms with Gasteiger partial charge < -0.3 is 9.15 Å². The number of hydrogen-bond acceptors (Lipinski definition) is 8. The number of rotatable bonds is 6. The maximum atomic E-state index is 5.81. The molecule has 2 aromatic heterocycles. The second-order valence-corrected chi connectivity index (χ2v) is 7.16. The lowest BCUT2D eigenvalue weighted by atomic mass is 10.2. The van der Waals surface area contributed by atoms with Gasteiger partial charge in [-0.2, -0.15) is 0 Å². The topological polar surface area (TPSA) is 91.8 Å². The van der Waals surface area contributed by atoms with Crippen molar-refractivity contribution < 1.29 is 9.15 Å². The molecule has 4 rings (SSSR count). The van der Waals surface area contributed by atoms with Crippen LogP contribution in [0, 0.1) is 0 Å². The number of nitrogens with zero attached hydrogens (tertiary/aromatic N) is 6. The molecule has 3 aromatic rings. The fourth-order valence-corrected chi connectivity index (χ4v) is 3.51. The molecule has 0 bridgehead atoms. The van der Waals surface area contributed by atoms with Crippen LogP contribution in [0.15, 0.2) is 39.9 Å². The molecule has 2 unspecified atom stereocenters. The van der Waals surface area contributed by atoms with Crippen LogP contribution in [0.1, 0.15) is 30.9 Å². The van der Waals surface area contributed by atoms with Gasteiger partial charge in [0.2, 0.25) is 16.9 Å². The zero-order valence-corrected chi connectivity index (χ0v) is 14.6. The molecule has 0 amide bonds. The van der Waals surface area contributed by atoms with Crippen molar-refractivity contribution in [3.8, 4) is 11.5 Å². The third-order valence-corrected chi connectivity index (χ3v) is 5.05. The molecule has 130 valence electrons. The Morgan fingerprint density at radius 1 is 1.24 bits per heavy atom. The van der Waals surface area contributed by atoms with E-state index < -0.39 is 0 Å². The summed E-state index contributed by atoms with van der Waals surface area (Å²) in [4.78, 5) is 0. The molecule has 2 atom stereocenters. The van der Waals surface area contributed by atoms with Crippen molar-refractivity contribution in [2.24, 2.45) is 0 Å². The quantitative estimate of drug-likeness (QED) is 0.621. The number of benzene rings is 1. The normalized spacial score (nSPS) is 18.5. The first kappa shape index (κ1) is 16.2. The summed E-state index contributed by atoms with van der Waals surface area (Å²) >= 11 is 1.50. The highest BCUT2D eigenvalue weighted by molar-refractivity contribution is 7.99. The van der Waals surface area contributed by atoms with E-state index in [1.165, 1.54) is 11.8 Å². The number of aromatic nitrogens is 6. The Morgan fingerprint density at radius 3 is 2.92 bits per heavy atom. The van der Waals surface area contributed by atoms with E-state index in [2.05, 4.69) is 25.7 Å². The smallest absolute Gasteiger partial charge is 0.247 e. The average Bonchev–Trinajstić information content (AvgIpc) is 3.38. The Kier molecular flexibility index (Phi) is 4.75. The number of ether oxygens (including phenoxy) is 1. The first-order valence-electron chi connectivity index (χ1n) is 8.23. The lowest BCUT2D eigenvalue weighted by Crippen LogP contribution is -2.17. The van der Waals surface area contributed by atoms with Gasteiger partial charge in [-0.05, 0) is 42.3 Å². The molecule has 1 fully saturated rings. The molecule has 0 N–H and O–H groups in total. The van der Waals surface area contributed by atoms with Crippen LogP contribution in [-0.2, 0) is 11.3 Å². The molecular formula is C16H18N6O2S. The van der Waals surface area contributed by atoms with E-state index in [0.29, 0.717) is 18.3 Å². The van der Waals surface area contributed by atoms with Gasteiger partial charge in [-0.25, -0.2) is 4.68 Å². The van der Waals surface area contributed by atoms with Crippen molar-refractivity contribution in [1.82, 2.24) is 30.4 Å². The predicted octanol–water partition coefficient (Wildman–Crippen LogP) is 2.76. The van der Waals surface area contributed by atoms with E-state index in [0.717, 1.165) is 30.2 Å². The third-order valence-electron chi connectivity index (χ3n) is 3.99. The Hall–Kier alpha value is -2.26. The Balaban J connectivity index is 1.45. The van der Waals surface area contributed by atoms with E-state index >= 15 is 0 Å². The molecular weight excluding hydrogens is 340 g/mol. The van der Waals surface area contributed by atoms with Crippen LogP contribution in [0.4, 0.5) is 0 Å². The Labute approximate surface area is 149 Å². The van der Waals surface area contributed by atoms with Crippen LogP contribution in [0.2, 0.25) is 0 Å². The number of hydrogen-bond donors (Lipinski definition) is 0. The van der Waals surface area contributed by atoms with Crippen LogP contribution < -0.4 is 0 Å². The summed E-state index contributed by atoms with van der Waals surface area (Å²) in [7, 11) is 0. The molecule has 0 aliphatic carbocycles. The predicted molar refractivity (Wildman–Crippen MR) is 90.8 cm³/mol. The monoisotopic (exact) mass is 358 g/mol. The highest BCUT2D eigenvalue weighted by Gasteiger charge is 2.22. The summed E-state index contributed by atoms with van der Waals surface area (Å²) in [5, 5.41) is 20.9. The summed E-state index contributed by atoms with van der Waals surface area (Å²) in [6.07, 6.45) is 2.32. The van der Waals surface area contributed by atoms with E-state index in [-0.39, 0.29) is 11.4 Å². The molecule has 25 heavy (non-hydrogen) atoms. The fraction of sp³-hybridized carbons (Fsp3) is 0.438. The van der Waals surface area contributed by atoms with Crippen molar-refractivity contribution in [2.45, 2.75) is 42.8 Å². The maximum absolute atomic E-state index is 5.81. The fourth-order valence-electron chi connectivity index (χ4n) is 2.68. The van der Waals surface area contributed by atoms with Crippen LogP contribution in [0.3, 0.4) is 0 Å². The zero-order valence-electron chi connectivity index (χ0n) is 13.8. The number of tetrazole rings is 1. The van der Waals surface area contributed by atoms with Gasteiger partial charge in [0, 0.05) is 12.2 Å². The molecule has 1 aromatic carbocycles. The van der Waals surface area contributed by atoms with Gasteiger partial charge in [-0.3, -0.25) is 0 Å². The minimum absolute atomic E-state index is 0.0563. The minimum atomic E-state index is -0.0563. The summed E-state index contributed by atoms with van der Waals surface area (Å²) in [6.45, 7) is 3.48. The first-order valence-corrected chi connectivity index (χ1v) is 9.11. The van der Waals surface area contributed by atoms with Crippen LogP contribution in [0.5, 0.6) is 0 Å². The third kappa shape index (κ3) is 3.72. The van der Waals surface area contributed by atoms with Crippen molar-refractivity contribution in [3.05, 3.63) is 36.2 Å². The molecule has 9 heteroatoms. The van der Waals surface area contributed by atoms with Crippen LogP contribution in [0.25, 0.3) is 11.5 Å². The van der Waals surface area contributed by atoms with Crippen LogP contribution >= 0.6 is 11.8 Å². The second-order valence-electron chi connectivity index (χ2n) is 5.85. The standard InChI is InChI=1S/C16H18N6O2S/c1-11(14-17-18-15(24-14)12-6-3-2-4-7-12)25-16-19-20-21-22(16)10-13-8-5-9-23-13/h2-4,6-7,11,13H,5,8-10H2,1H3. The van der Waals surface area contributed by atoms with Crippen molar-refractivity contribution >= 4 is 11.8 Å². The summed E-state index contributed by atoms with van der Waals surface area (Å²) < 4.78 is 13.2. The van der Waals surface area contributed by atoms with Gasteiger partial charge in [-0.15, -0.1) is 15.3 Å². The molecule has 1 aliphatic rings. The molecule has 0 saturated carbocycles. The van der Waals surface area contributed by atoms with Crippen LogP contribution in [-0.4, -0.2) is 43.1 Å². The zero-order chi connectivity index (χ0) is 17.1. The Morgan fingerprint density at radius 2 is 2.12 bits per heavy atom. The van der Waals surface area contributed by atoms with Gasteiger partial charge in [0.25, 0.3) is 0 Å². The highest BCUT2D eigenvalue weighted by Crippen LogP contribution is 2.34. The van der Waals surface area contributed by atoms with Crippen molar-refractivity contribution in [3.63, 3.8) is 0 Å². The molecule has 0 spiro atoms. The maximum Gasteiger partial charge on any atom is 0.247 e. The molecule has 8 nitrogen and oxygen atoms in total. The van der Waals surface area contributed by atoms with E-state index in [4.69, 9.17) is 9.15 Å². The largest absolute Gasteiger partial charge is 0.419 e. The van der Waals surface area contributed by atoms with E-state index in [9.17, 15) is 0 Å². The lowest BCUT2D eigenvalue weighted by Gasteiger charge is -2.11. The summed E-state index contributed by atoms with van der Waals surface area (Å²) in [6, 6.07) is 9.72. The van der Waals surface area contributed by atoms with Gasteiger partial charge in [0.1, 0.15) is 0 Å². The lowest BCUT2D eigenvalue weighted by molar-refractivity contribution is 0.0911. The van der Waals surface area contributed by atoms with Crippen molar-refractivity contribution in [1.29, 1.82) is 0 Å². The van der Waals surface area contributed by atoms with E-state index in [1.807, 2.05) is 37.3 Å². The van der Waals surface area contributed by atoms with Gasteiger partial charge in [-0.1, -0.05) is 30.0 Å². The molecule has 1 aliphatic heterocycles.